The Morgan fingerprint density at radius 1 is 0.552 bits per heavy atom. The number of hydrogen-bond donors (Lipinski definition) is 7. The van der Waals surface area contributed by atoms with Crippen LogP contribution >= 0.6 is 0 Å². The predicted molar refractivity (Wildman–Crippen MR) is 253 cm³/mol. The second-order valence-electron chi connectivity index (χ2n) is 14.9. The summed E-state index contributed by atoms with van der Waals surface area (Å²) < 4.78 is 16.4. The molecule has 17 nitrogen and oxygen atoms in total. The molecule has 2 fully saturated rings. The summed E-state index contributed by atoms with van der Waals surface area (Å²) in [5.74, 6) is -1.79. The van der Waals surface area contributed by atoms with Crippen LogP contribution in [0.1, 0.15) is 109 Å². The highest BCUT2D eigenvalue weighted by atomic mass is 16.5. The second kappa shape index (κ2) is 27.4. The van der Waals surface area contributed by atoms with Crippen molar-refractivity contribution >= 4 is 52.8 Å². The first-order valence-electron chi connectivity index (χ1n) is 21.8. The Balaban J connectivity index is 0.000000199. The minimum Gasteiger partial charge on any atom is -0.477 e. The number of aromatic carboxylic acids is 1. The first-order valence-corrected chi connectivity index (χ1v) is 21.8. The van der Waals surface area contributed by atoms with Crippen LogP contribution in [0, 0.1) is 11.8 Å². The Morgan fingerprint density at radius 3 is 1.37 bits per heavy atom. The molecule has 2 saturated carbocycles. The fraction of sp³-hybridized carbons (Fsp3) is 0.280. The van der Waals surface area contributed by atoms with Gasteiger partial charge in [0.15, 0.2) is 0 Å². The first kappa shape index (κ1) is 51.7. The minimum atomic E-state index is -1.10. The number of hydrogen-bond acceptors (Lipinski definition) is 11. The average Bonchev–Trinajstić information content (AvgIpc) is 4.17. The van der Waals surface area contributed by atoms with Gasteiger partial charge < -0.3 is 55.3 Å². The summed E-state index contributed by atoms with van der Waals surface area (Å²) in [6, 6.07) is 37.0. The highest BCUT2D eigenvalue weighted by molar-refractivity contribution is 6.05. The first-order chi connectivity index (χ1) is 32.4. The number of carbonyl (C=O) groups is 6. The van der Waals surface area contributed by atoms with Gasteiger partial charge in [-0.05, 0) is 131 Å². The summed E-state index contributed by atoms with van der Waals surface area (Å²) in [5, 5.41) is 22.3. The van der Waals surface area contributed by atoms with Crippen LogP contribution in [0.25, 0.3) is 0 Å². The van der Waals surface area contributed by atoms with Gasteiger partial charge in [0.05, 0.1) is 19.8 Å². The number of nitrogens with two attached hydrogens (primary N) is 1. The molecule has 0 aliphatic heterocycles. The number of benzene rings is 3. The molecule has 3 aromatic carbocycles. The Bertz CT molecular complexity index is 2470. The van der Waals surface area contributed by atoms with Gasteiger partial charge in [0.25, 0.3) is 11.8 Å². The summed E-state index contributed by atoms with van der Waals surface area (Å²) in [6.07, 6.45) is 4.80. The van der Waals surface area contributed by atoms with Crippen LogP contribution in [0.3, 0.4) is 0 Å². The van der Waals surface area contributed by atoms with Crippen LogP contribution in [-0.2, 0) is 20.8 Å². The van der Waals surface area contributed by atoms with Crippen LogP contribution in [-0.4, -0.2) is 86.9 Å². The van der Waals surface area contributed by atoms with Crippen molar-refractivity contribution in [2.24, 2.45) is 11.8 Å². The van der Waals surface area contributed by atoms with Gasteiger partial charge in [0.1, 0.15) is 34.2 Å². The molecule has 2 amide bonds. The topological polar surface area (TPSA) is 257 Å². The van der Waals surface area contributed by atoms with E-state index < -0.39 is 17.9 Å². The lowest BCUT2D eigenvalue weighted by Gasteiger charge is -2.12. The number of nitrogens with zero attached hydrogens (tertiary/aromatic N) is 1. The molecule has 0 unspecified atom stereocenters. The fourth-order valence-electron chi connectivity index (χ4n) is 5.70. The SMILES string of the molecule is CCOC(=O)c1ccc(C(=O)Nc2ccccc2)[nH]1.CCOC(=O)c1ccc(C(=O)Nc2ccccc2)n1CC1CC1.CCOC(=O)c1ccc(C(=O)O)[nH]1.Nc1ccccc1.OCC1CC1. The zero-order valence-corrected chi connectivity index (χ0v) is 37.7. The van der Waals surface area contributed by atoms with E-state index in [9.17, 15) is 28.8 Å². The molecule has 354 valence electrons. The van der Waals surface area contributed by atoms with Gasteiger partial charge in [0.2, 0.25) is 0 Å². The van der Waals surface area contributed by atoms with Gasteiger partial charge >= 0.3 is 23.9 Å². The molecule has 8 N–H and O–H groups in total. The third-order valence-corrected chi connectivity index (χ3v) is 9.49. The van der Waals surface area contributed by atoms with E-state index in [1.54, 1.807) is 55.7 Å². The fourth-order valence-corrected chi connectivity index (χ4v) is 5.70. The zero-order valence-electron chi connectivity index (χ0n) is 37.7. The number of amides is 2. The number of carboxylic acids is 1. The lowest BCUT2D eigenvalue weighted by molar-refractivity contribution is 0.0505. The third kappa shape index (κ3) is 18.2. The molecule has 2 aliphatic rings. The van der Waals surface area contributed by atoms with Crippen molar-refractivity contribution in [3.8, 4) is 0 Å². The number of aromatic nitrogens is 3. The van der Waals surface area contributed by atoms with E-state index in [1.165, 1.54) is 31.0 Å². The van der Waals surface area contributed by atoms with E-state index in [2.05, 4.69) is 25.3 Å². The van der Waals surface area contributed by atoms with Crippen LogP contribution in [0.15, 0.2) is 127 Å². The molecular formula is C50H58N6O11. The highest BCUT2D eigenvalue weighted by Crippen LogP contribution is 2.32. The smallest absolute Gasteiger partial charge is 0.354 e. The monoisotopic (exact) mass is 918 g/mol. The summed E-state index contributed by atoms with van der Waals surface area (Å²) in [7, 11) is 0. The molecule has 3 aromatic heterocycles. The van der Waals surface area contributed by atoms with Gasteiger partial charge in [0, 0.05) is 30.2 Å². The van der Waals surface area contributed by atoms with Crippen molar-refractivity contribution in [2.75, 3.05) is 42.8 Å². The van der Waals surface area contributed by atoms with Crippen molar-refractivity contribution in [2.45, 2.75) is 53.0 Å². The number of aromatic amines is 2. The molecule has 6 aromatic rings. The lowest BCUT2D eigenvalue weighted by atomic mass is 10.3. The minimum absolute atomic E-state index is 0.0250. The van der Waals surface area contributed by atoms with Crippen molar-refractivity contribution in [3.63, 3.8) is 0 Å². The van der Waals surface area contributed by atoms with Crippen LogP contribution < -0.4 is 16.4 Å². The van der Waals surface area contributed by atoms with E-state index >= 15 is 0 Å². The van der Waals surface area contributed by atoms with Gasteiger partial charge in [-0.3, -0.25) is 9.59 Å². The Labute approximate surface area is 388 Å². The number of nitrogens with one attached hydrogen (secondary N) is 4. The number of aliphatic hydroxyl groups is 1. The Kier molecular flexibility index (Phi) is 21.2. The average molecular weight is 919 g/mol. The molecule has 0 spiro atoms. The Morgan fingerprint density at radius 2 is 0.970 bits per heavy atom. The number of aliphatic hydroxyl groups excluding tert-OH is 1. The molecule has 3 heterocycles. The number of H-pyrrole nitrogens is 2. The normalized spacial score (nSPS) is 12.0. The number of rotatable bonds is 14. The van der Waals surface area contributed by atoms with E-state index in [0.717, 1.165) is 24.2 Å². The summed E-state index contributed by atoms with van der Waals surface area (Å²) in [5.41, 5.74) is 9.24. The van der Waals surface area contributed by atoms with Crippen LogP contribution in [0.4, 0.5) is 17.1 Å². The second-order valence-corrected chi connectivity index (χ2v) is 14.9. The van der Waals surface area contributed by atoms with Crippen molar-refractivity contribution in [1.82, 2.24) is 14.5 Å². The lowest BCUT2D eigenvalue weighted by Crippen LogP contribution is -2.21. The molecule has 0 saturated heterocycles. The maximum atomic E-state index is 12.5. The maximum absolute atomic E-state index is 12.5. The van der Waals surface area contributed by atoms with Gasteiger partial charge in [-0.25, -0.2) is 19.2 Å². The molecule has 67 heavy (non-hydrogen) atoms. The number of nitrogen functional groups attached to an aromatic ring is 1. The van der Waals surface area contributed by atoms with Crippen LogP contribution in [0.5, 0.6) is 0 Å². The number of carbonyl (C=O) groups excluding carboxylic acids is 5. The third-order valence-electron chi connectivity index (χ3n) is 9.49. The van der Waals surface area contributed by atoms with Gasteiger partial charge in [-0.2, -0.15) is 0 Å². The maximum Gasteiger partial charge on any atom is 0.354 e. The number of carboxylic acid groups (broad SMARTS) is 1. The van der Waals surface area contributed by atoms with Crippen molar-refractivity contribution in [3.05, 3.63) is 162 Å². The van der Waals surface area contributed by atoms with E-state index in [0.29, 0.717) is 61.0 Å². The number of para-hydroxylation sites is 3. The number of anilines is 3. The molecule has 8 rings (SSSR count). The number of esters is 3. The Hall–Kier alpha value is -7.92. The summed E-state index contributed by atoms with van der Waals surface area (Å²) >= 11 is 0. The predicted octanol–water partition coefficient (Wildman–Crippen LogP) is 8.32. The highest BCUT2D eigenvalue weighted by Gasteiger charge is 2.27. The van der Waals surface area contributed by atoms with E-state index in [-0.39, 0.29) is 41.5 Å². The zero-order chi connectivity index (χ0) is 48.6. The van der Waals surface area contributed by atoms with Gasteiger partial charge in [-0.1, -0.05) is 54.6 Å². The van der Waals surface area contributed by atoms with E-state index in [4.69, 9.17) is 25.4 Å². The number of ether oxygens (including phenoxy) is 3. The molecule has 0 radical (unpaired) electrons. The molecule has 2 aliphatic carbocycles. The quantitative estimate of drug-likeness (QED) is 0.0309. The summed E-state index contributed by atoms with van der Waals surface area (Å²) in [4.78, 5) is 74.6. The van der Waals surface area contributed by atoms with Crippen molar-refractivity contribution < 1.29 is 53.2 Å². The van der Waals surface area contributed by atoms with Crippen LogP contribution in [0.2, 0.25) is 0 Å². The largest absolute Gasteiger partial charge is 0.477 e. The molecule has 0 atom stereocenters. The molecule has 0 bridgehead atoms. The standard InChI is InChI=1S/C18H20N2O3.C14H14N2O3.C8H9NO4.C6H7N.C4H8O/c1-2-23-18(22)16-11-10-15(20(16)12-13-8-9-13)17(21)19-14-6-4-3-5-7-14;1-2-19-14(18)12-9-8-11(16-12)13(17)15-10-6-4-3-5-7-10;1-2-13-8(12)6-4-3-5(9-6)7(10)11;7-6-4-2-1-3-5-6;5-3-4-1-2-4/h3-7,10-11,13H,2,8-9,12H2,1H3,(H,19,21);3-9,16H,2H2,1H3,(H,15,17);3-4,9H,2H2,1H3,(H,10,11);1-5H,7H2;4-5H,1-3H2. The molecular weight excluding hydrogens is 861 g/mol. The summed E-state index contributed by atoms with van der Waals surface area (Å²) in [6.45, 7) is 7.15. The van der Waals surface area contributed by atoms with Crippen molar-refractivity contribution in [1.29, 1.82) is 0 Å². The van der Waals surface area contributed by atoms with Gasteiger partial charge in [-0.15, -0.1) is 0 Å². The van der Waals surface area contributed by atoms with E-state index in [1.807, 2.05) is 78.9 Å². The molecule has 17 heteroatoms.